The van der Waals surface area contributed by atoms with Gasteiger partial charge in [0, 0.05) is 35.8 Å². The largest absolute Gasteiger partial charge is 0.481 e. The average molecular weight is 608 g/mol. The maximum Gasteiger partial charge on any atom is 0.326 e. The molecule has 5 N–H and O–H groups in total. The van der Waals surface area contributed by atoms with E-state index < -0.39 is 34.9 Å². The Kier molecular flexibility index (Phi) is 9.96. The molecule has 1 amide bonds. The zero-order valence-electron chi connectivity index (χ0n) is 23.1. The van der Waals surface area contributed by atoms with Gasteiger partial charge in [-0.15, -0.1) is 0 Å². The first kappa shape index (κ1) is 31.0. The number of nitro groups is 1. The van der Waals surface area contributed by atoms with Crippen LogP contribution in [0.3, 0.4) is 0 Å². The van der Waals surface area contributed by atoms with E-state index in [-0.39, 0.29) is 18.7 Å². The number of nitrogens with zero attached hydrogens (tertiary/aromatic N) is 2. The zero-order chi connectivity index (χ0) is 31.1. The first-order valence-electron chi connectivity index (χ1n) is 13.3. The lowest BCUT2D eigenvalue weighted by Gasteiger charge is -2.23. The van der Waals surface area contributed by atoms with E-state index in [1.54, 1.807) is 78.7 Å². The number of anilines is 2. The minimum Gasteiger partial charge on any atom is -0.481 e. The second-order valence-corrected chi connectivity index (χ2v) is 10.6. The van der Waals surface area contributed by atoms with Crippen LogP contribution in [0.15, 0.2) is 78.8 Å². The van der Waals surface area contributed by atoms with Gasteiger partial charge in [-0.1, -0.05) is 41.9 Å². The SMILES string of the molecule is CN1Cc2cc(N/C(=C\[N+](=O)[O-])Nc3ccc(Cl)cc3)ccc2C1C(=O)NC(Cc1ccc(CCC(=O)O)cc1)C(=O)O. The molecule has 0 aliphatic carbocycles. The molecule has 3 aromatic carbocycles. The van der Waals surface area contributed by atoms with Crippen molar-refractivity contribution in [1.82, 2.24) is 10.2 Å². The molecule has 1 aliphatic heterocycles. The third-order valence-electron chi connectivity index (χ3n) is 6.89. The number of carboxylic acids is 2. The van der Waals surface area contributed by atoms with Crippen molar-refractivity contribution in [3.8, 4) is 0 Å². The molecule has 3 aromatic rings. The number of halogens is 1. The normalized spacial score (nSPS) is 15.3. The summed E-state index contributed by atoms with van der Waals surface area (Å²) in [4.78, 5) is 48.6. The van der Waals surface area contributed by atoms with Crippen LogP contribution in [0.4, 0.5) is 11.4 Å². The number of carboxylic acid groups (broad SMARTS) is 2. The number of nitrogens with one attached hydrogen (secondary N) is 3. The maximum atomic E-state index is 13.3. The fourth-order valence-electron chi connectivity index (χ4n) is 4.85. The molecule has 12 nitrogen and oxygen atoms in total. The summed E-state index contributed by atoms with van der Waals surface area (Å²) < 4.78 is 0. The Morgan fingerprint density at radius 2 is 1.65 bits per heavy atom. The molecule has 0 fully saturated rings. The van der Waals surface area contributed by atoms with Gasteiger partial charge in [0.2, 0.25) is 5.91 Å². The second kappa shape index (κ2) is 13.8. The third-order valence-corrected chi connectivity index (χ3v) is 7.14. The minimum atomic E-state index is -1.18. The first-order valence-corrected chi connectivity index (χ1v) is 13.7. The number of hydrogen-bond donors (Lipinski definition) is 5. The quantitative estimate of drug-likeness (QED) is 0.139. The summed E-state index contributed by atoms with van der Waals surface area (Å²) in [5, 5.41) is 39.0. The molecule has 0 aromatic heterocycles. The van der Waals surface area contributed by atoms with Crippen LogP contribution in [0.25, 0.3) is 0 Å². The molecule has 0 radical (unpaired) electrons. The fraction of sp³-hybridized carbons (Fsp3) is 0.233. The summed E-state index contributed by atoms with van der Waals surface area (Å²) in [6.45, 7) is 0.400. The van der Waals surface area contributed by atoms with Gasteiger partial charge >= 0.3 is 11.9 Å². The summed E-state index contributed by atoms with van der Waals surface area (Å²) in [6, 6.07) is 16.9. The Morgan fingerprint density at radius 3 is 2.28 bits per heavy atom. The van der Waals surface area contributed by atoms with Crippen molar-refractivity contribution < 1.29 is 29.5 Å². The lowest BCUT2D eigenvalue weighted by Crippen LogP contribution is -2.46. The number of aliphatic carboxylic acids is 2. The highest BCUT2D eigenvalue weighted by Gasteiger charge is 2.35. The molecule has 224 valence electrons. The van der Waals surface area contributed by atoms with E-state index in [4.69, 9.17) is 16.7 Å². The molecule has 0 saturated heterocycles. The predicted molar refractivity (Wildman–Crippen MR) is 160 cm³/mol. The van der Waals surface area contributed by atoms with Gasteiger partial charge in [0.15, 0.2) is 5.82 Å². The molecule has 1 aliphatic rings. The Balaban J connectivity index is 1.44. The van der Waals surface area contributed by atoms with Crippen molar-refractivity contribution in [2.75, 3.05) is 17.7 Å². The van der Waals surface area contributed by atoms with E-state index in [0.29, 0.717) is 40.5 Å². The van der Waals surface area contributed by atoms with Crippen LogP contribution in [0.1, 0.15) is 34.7 Å². The molecule has 0 spiro atoms. The van der Waals surface area contributed by atoms with E-state index in [0.717, 1.165) is 17.3 Å². The van der Waals surface area contributed by atoms with Crippen molar-refractivity contribution in [3.63, 3.8) is 0 Å². The second-order valence-electron chi connectivity index (χ2n) is 10.1. The average Bonchev–Trinajstić information content (AvgIpc) is 3.28. The van der Waals surface area contributed by atoms with E-state index >= 15 is 0 Å². The number of benzene rings is 3. The molecular formula is C30H30ClN5O7. The highest BCUT2D eigenvalue weighted by atomic mass is 35.5. The molecule has 1 heterocycles. The molecule has 43 heavy (non-hydrogen) atoms. The van der Waals surface area contributed by atoms with Crippen LogP contribution in [0, 0.1) is 10.1 Å². The van der Waals surface area contributed by atoms with Crippen molar-refractivity contribution in [3.05, 3.63) is 116 Å². The Hall–Kier alpha value is -4.94. The Bertz CT molecular complexity index is 1540. The van der Waals surface area contributed by atoms with Crippen LogP contribution in [0.5, 0.6) is 0 Å². The zero-order valence-corrected chi connectivity index (χ0v) is 23.9. The standard InChI is InChI=1S/C30H30ClN5O7/c1-35-16-20-15-23(33-26(17-36(42)43)32-22-9-7-21(31)8-10-22)11-12-24(20)28(35)29(39)34-25(30(40)41)14-19-4-2-18(3-5-19)6-13-27(37)38/h2-5,7-12,15,17,25,28,32-33H,6,13-14,16H2,1H3,(H,34,39)(H,37,38)(H,40,41)/b26-17-. The van der Waals surface area contributed by atoms with Gasteiger partial charge in [-0.2, -0.15) is 0 Å². The van der Waals surface area contributed by atoms with Gasteiger partial charge in [0.1, 0.15) is 12.1 Å². The maximum absolute atomic E-state index is 13.3. The summed E-state index contributed by atoms with van der Waals surface area (Å²) in [5.41, 5.74) is 4.16. The van der Waals surface area contributed by atoms with Gasteiger partial charge in [0.05, 0.1) is 4.92 Å². The van der Waals surface area contributed by atoms with Crippen molar-refractivity contribution in [1.29, 1.82) is 0 Å². The molecule has 2 unspecified atom stereocenters. The fourth-order valence-corrected chi connectivity index (χ4v) is 4.98. The number of amides is 1. The number of carbonyl (C=O) groups excluding carboxylic acids is 1. The molecule has 0 saturated carbocycles. The third kappa shape index (κ3) is 8.53. The number of rotatable bonds is 13. The van der Waals surface area contributed by atoms with Crippen molar-refractivity contribution >= 4 is 40.8 Å². The number of fused-ring (bicyclic) bond motifs is 1. The van der Waals surface area contributed by atoms with Gasteiger partial charge in [-0.05, 0) is 72.1 Å². The summed E-state index contributed by atoms with van der Waals surface area (Å²) in [5.74, 6) is -2.42. The molecule has 0 bridgehead atoms. The summed E-state index contributed by atoms with van der Waals surface area (Å²) in [6.07, 6.45) is 1.22. The Morgan fingerprint density at radius 1 is 1.02 bits per heavy atom. The summed E-state index contributed by atoms with van der Waals surface area (Å²) in [7, 11) is 1.75. The van der Waals surface area contributed by atoms with E-state index in [1.165, 1.54) is 0 Å². The lowest BCUT2D eigenvalue weighted by atomic mass is 10.0. The summed E-state index contributed by atoms with van der Waals surface area (Å²) >= 11 is 5.92. The number of hydrogen-bond acceptors (Lipinski definition) is 8. The predicted octanol–water partition coefficient (Wildman–Crippen LogP) is 4.26. The van der Waals surface area contributed by atoms with Crippen molar-refractivity contribution in [2.24, 2.45) is 0 Å². The monoisotopic (exact) mass is 607 g/mol. The molecule has 13 heteroatoms. The van der Waals surface area contributed by atoms with Crippen LogP contribution in [-0.2, 0) is 33.8 Å². The van der Waals surface area contributed by atoms with E-state index in [1.807, 2.05) is 0 Å². The lowest BCUT2D eigenvalue weighted by molar-refractivity contribution is -0.403. The van der Waals surface area contributed by atoms with E-state index in [9.17, 15) is 29.6 Å². The smallest absolute Gasteiger partial charge is 0.326 e. The minimum absolute atomic E-state index is 0.00185. The highest BCUT2D eigenvalue weighted by molar-refractivity contribution is 6.30. The van der Waals surface area contributed by atoms with Gasteiger partial charge in [-0.25, -0.2) is 4.79 Å². The number of carbonyl (C=O) groups is 3. The van der Waals surface area contributed by atoms with Crippen LogP contribution < -0.4 is 16.0 Å². The van der Waals surface area contributed by atoms with E-state index in [2.05, 4.69) is 16.0 Å². The highest BCUT2D eigenvalue weighted by Crippen LogP contribution is 2.34. The molecule has 2 atom stereocenters. The van der Waals surface area contributed by atoms with Gasteiger partial charge in [-0.3, -0.25) is 24.6 Å². The number of aryl methyl sites for hydroxylation is 1. The molecule has 4 rings (SSSR count). The van der Waals surface area contributed by atoms with Crippen molar-refractivity contribution in [2.45, 2.75) is 37.9 Å². The number of likely N-dealkylation sites (N-methyl/N-ethyl adjacent to an activating group) is 1. The van der Waals surface area contributed by atoms with Crippen LogP contribution >= 0.6 is 11.6 Å². The van der Waals surface area contributed by atoms with Crippen LogP contribution in [-0.4, -0.2) is 51.0 Å². The molecular weight excluding hydrogens is 578 g/mol. The van der Waals surface area contributed by atoms with Crippen LogP contribution in [0.2, 0.25) is 5.02 Å². The first-order chi connectivity index (χ1) is 20.5. The van der Waals surface area contributed by atoms with Gasteiger partial charge < -0.3 is 26.2 Å². The van der Waals surface area contributed by atoms with Gasteiger partial charge in [0.25, 0.3) is 6.20 Å². The topological polar surface area (TPSA) is 174 Å². The Labute approximate surface area is 252 Å².